The fourth-order valence-electron chi connectivity index (χ4n) is 2.21. The average Bonchev–Trinajstić information content (AvgIpc) is 2.38. The number of carboxylic acids is 1. The number of nitrogens with zero attached hydrogens (tertiary/aromatic N) is 2. The van der Waals surface area contributed by atoms with Gasteiger partial charge in [0.25, 0.3) is 0 Å². The number of carbonyl (C=O) groups is 2. The van der Waals surface area contributed by atoms with E-state index in [0.29, 0.717) is 25.2 Å². The van der Waals surface area contributed by atoms with Crippen molar-refractivity contribution in [3.05, 3.63) is 24.0 Å². The molecule has 1 amide bonds. The third-order valence-electron chi connectivity index (χ3n) is 3.06. The van der Waals surface area contributed by atoms with Crippen LogP contribution in [-0.4, -0.2) is 41.1 Å². The summed E-state index contributed by atoms with van der Waals surface area (Å²) in [4.78, 5) is 28.6. The fraction of sp³-hybridized carbons (Fsp3) is 0.417. The Morgan fingerprint density at radius 2 is 2.44 bits per heavy atom. The van der Waals surface area contributed by atoms with E-state index in [1.807, 2.05) is 11.8 Å². The standard InChI is InChI=1S/C12H15N3O3/c1-2-9-11(16)14-5-6-15(9)10-3-4-13-7-8(10)12(17)18/h3-4,7,9H,2,5-6H2,1H3,(H,14,16)(H,17,18). The van der Waals surface area contributed by atoms with Crippen LogP contribution in [0.1, 0.15) is 23.7 Å². The number of carboxylic acid groups (broad SMARTS) is 1. The highest BCUT2D eigenvalue weighted by Crippen LogP contribution is 2.24. The van der Waals surface area contributed by atoms with Gasteiger partial charge in [-0.2, -0.15) is 0 Å². The molecular formula is C12H15N3O3. The quantitative estimate of drug-likeness (QED) is 0.815. The zero-order valence-electron chi connectivity index (χ0n) is 10.1. The molecule has 1 fully saturated rings. The molecule has 0 aromatic carbocycles. The molecule has 2 rings (SSSR count). The molecule has 1 aliphatic rings. The Bertz CT molecular complexity index is 475. The molecule has 0 bridgehead atoms. The number of aromatic nitrogens is 1. The number of nitrogens with one attached hydrogen (secondary N) is 1. The average molecular weight is 249 g/mol. The van der Waals surface area contributed by atoms with E-state index in [2.05, 4.69) is 10.3 Å². The Balaban J connectivity index is 2.40. The van der Waals surface area contributed by atoms with Gasteiger partial charge in [-0.15, -0.1) is 0 Å². The van der Waals surface area contributed by atoms with Crippen LogP contribution in [0.3, 0.4) is 0 Å². The lowest BCUT2D eigenvalue weighted by atomic mass is 10.1. The number of amides is 1. The van der Waals surface area contributed by atoms with Crippen LogP contribution in [0.5, 0.6) is 0 Å². The number of carbonyl (C=O) groups excluding carboxylic acids is 1. The number of piperazine rings is 1. The monoisotopic (exact) mass is 249 g/mol. The molecule has 1 aromatic heterocycles. The third kappa shape index (κ3) is 2.13. The highest BCUT2D eigenvalue weighted by molar-refractivity contribution is 5.96. The van der Waals surface area contributed by atoms with Gasteiger partial charge >= 0.3 is 5.97 Å². The van der Waals surface area contributed by atoms with Crippen molar-refractivity contribution in [3.63, 3.8) is 0 Å². The second-order valence-electron chi connectivity index (χ2n) is 4.11. The maximum Gasteiger partial charge on any atom is 0.339 e. The van der Waals surface area contributed by atoms with Crippen molar-refractivity contribution in [2.24, 2.45) is 0 Å². The van der Waals surface area contributed by atoms with Crippen molar-refractivity contribution < 1.29 is 14.7 Å². The first-order valence-corrected chi connectivity index (χ1v) is 5.86. The van der Waals surface area contributed by atoms with Gasteiger partial charge in [0.2, 0.25) is 5.91 Å². The summed E-state index contributed by atoms with van der Waals surface area (Å²) < 4.78 is 0. The molecule has 1 unspecified atom stereocenters. The van der Waals surface area contributed by atoms with Gasteiger partial charge in [-0.1, -0.05) is 6.92 Å². The molecule has 96 valence electrons. The lowest BCUT2D eigenvalue weighted by Gasteiger charge is -2.36. The van der Waals surface area contributed by atoms with Gasteiger partial charge in [0, 0.05) is 25.5 Å². The van der Waals surface area contributed by atoms with E-state index in [9.17, 15) is 9.59 Å². The number of anilines is 1. The summed E-state index contributed by atoms with van der Waals surface area (Å²) in [7, 11) is 0. The van der Waals surface area contributed by atoms with Crippen molar-refractivity contribution in [2.45, 2.75) is 19.4 Å². The minimum Gasteiger partial charge on any atom is -0.478 e. The van der Waals surface area contributed by atoms with Gasteiger partial charge in [-0.05, 0) is 12.5 Å². The summed E-state index contributed by atoms with van der Waals surface area (Å²) in [5.74, 6) is -1.09. The lowest BCUT2D eigenvalue weighted by Crippen LogP contribution is -2.55. The van der Waals surface area contributed by atoms with Crippen LogP contribution in [-0.2, 0) is 4.79 Å². The van der Waals surface area contributed by atoms with Crippen LogP contribution in [0.25, 0.3) is 0 Å². The summed E-state index contributed by atoms with van der Waals surface area (Å²) in [5.41, 5.74) is 0.685. The third-order valence-corrected chi connectivity index (χ3v) is 3.06. The van der Waals surface area contributed by atoms with E-state index in [-0.39, 0.29) is 17.5 Å². The van der Waals surface area contributed by atoms with Crippen molar-refractivity contribution in [1.82, 2.24) is 10.3 Å². The molecule has 2 heterocycles. The van der Waals surface area contributed by atoms with Gasteiger partial charge < -0.3 is 15.3 Å². The Kier molecular flexibility index (Phi) is 3.45. The van der Waals surface area contributed by atoms with E-state index < -0.39 is 5.97 Å². The van der Waals surface area contributed by atoms with Crippen molar-refractivity contribution >= 4 is 17.6 Å². The summed E-state index contributed by atoms with van der Waals surface area (Å²) in [5, 5.41) is 11.9. The van der Waals surface area contributed by atoms with Crippen LogP contribution in [0.15, 0.2) is 18.5 Å². The first kappa shape index (κ1) is 12.3. The molecular weight excluding hydrogens is 234 g/mol. The minimum atomic E-state index is -1.03. The van der Waals surface area contributed by atoms with E-state index in [0.717, 1.165) is 0 Å². The van der Waals surface area contributed by atoms with Crippen LogP contribution < -0.4 is 10.2 Å². The molecule has 1 aliphatic heterocycles. The molecule has 1 aromatic rings. The van der Waals surface area contributed by atoms with Crippen molar-refractivity contribution in [1.29, 1.82) is 0 Å². The second-order valence-corrected chi connectivity index (χ2v) is 4.11. The zero-order valence-corrected chi connectivity index (χ0v) is 10.1. The number of rotatable bonds is 3. The molecule has 18 heavy (non-hydrogen) atoms. The van der Waals surface area contributed by atoms with Gasteiger partial charge in [-0.3, -0.25) is 9.78 Å². The Morgan fingerprint density at radius 1 is 1.67 bits per heavy atom. The van der Waals surface area contributed by atoms with Crippen LogP contribution in [0.4, 0.5) is 5.69 Å². The summed E-state index contributed by atoms with van der Waals surface area (Å²) in [6, 6.07) is 1.32. The molecule has 0 saturated carbocycles. The van der Waals surface area contributed by atoms with E-state index in [1.165, 1.54) is 6.20 Å². The van der Waals surface area contributed by atoms with Gasteiger partial charge in [0.15, 0.2) is 0 Å². The summed E-state index contributed by atoms with van der Waals surface area (Å²) in [6.45, 7) is 3.04. The van der Waals surface area contributed by atoms with Gasteiger partial charge in [-0.25, -0.2) is 4.79 Å². The number of hydrogen-bond acceptors (Lipinski definition) is 4. The summed E-state index contributed by atoms with van der Waals surface area (Å²) in [6.07, 6.45) is 3.49. The topological polar surface area (TPSA) is 82.5 Å². The smallest absolute Gasteiger partial charge is 0.339 e. The Morgan fingerprint density at radius 3 is 3.11 bits per heavy atom. The number of pyridine rings is 1. The number of aromatic carboxylic acids is 1. The lowest BCUT2D eigenvalue weighted by molar-refractivity contribution is -0.123. The van der Waals surface area contributed by atoms with Crippen molar-refractivity contribution in [2.75, 3.05) is 18.0 Å². The molecule has 0 radical (unpaired) electrons. The maximum atomic E-state index is 11.8. The predicted molar refractivity (Wildman–Crippen MR) is 65.6 cm³/mol. The SMILES string of the molecule is CCC1C(=O)NCCN1c1ccncc1C(=O)O. The molecule has 1 atom stereocenters. The molecule has 6 nitrogen and oxygen atoms in total. The highest BCUT2D eigenvalue weighted by Gasteiger charge is 2.30. The normalized spacial score (nSPS) is 19.5. The molecule has 1 saturated heterocycles. The van der Waals surface area contributed by atoms with Crippen molar-refractivity contribution in [3.8, 4) is 0 Å². The van der Waals surface area contributed by atoms with E-state index >= 15 is 0 Å². The van der Waals surface area contributed by atoms with E-state index in [4.69, 9.17) is 5.11 Å². The first-order valence-electron chi connectivity index (χ1n) is 5.86. The highest BCUT2D eigenvalue weighted by atomic mass is 16.4. The largest absolute Gasteiger partial charge is 0.478 e. The second kappa shape index (κ2) is 5.03. The molecule has 0 spiro atoms. The first-order chi connectivity index (χ1) is 8.65. The Labute approximate surface area is 105 Å². The van der Waals surface area contributed by atoms with Gasteiger partial charge in [0.05, 0.1) is 5.69 Å². The summed E-state index contributed by atoms with van der Waals surface area (Å²) >= 11 is 0. The van der Waals surface area contributed by atoms with Crippen LogP contribution in [0, 0.1) is 0 Å². The molecule has 0 aliphatic carbocycles. The zero-order chi connectivity index (χ0) is 13.1. The Hall–Kier alpha value is -2.11. The predicted octanol–water partition coefficient (Wildman–Crippen LogP) is 0.495. The maximum absolute atomic E-state index is 11.8. The van der Waals surface area contributed by atoms with Crippen LogP contribution >= 0.6 is 0 Å². The molecule has 2 N–H and O–H groups in total. The van der Waals surface area contributed by atoms with Gasteiger partial charge in [0.1, 0.15) is 11.6 Å². The molecule has 6 heteroatoms. The number of hydrogen-bond donors (Lipinski definition) is 2. The fourth-order valence-corrected chi connectivity index (χ4v) is 2.21. The van der Waals surface area contributed by atoms with E-state index in [1.54, 1.807) is 12.3 Å². The van der Waals surface area contributed by atoms with Crippen LogP contribution in [0.2, 0.25) is 0 Å². The minimum absolute atomic E-state index is 0.0584.